The zero-order valence-corrected chi connectivity index (χ0v) is 20.1. The molecule has 2 N–H and O–H groups in total. The number of carbonyl (C=O) groups excluding carboxylic acids is 1. The Morgan fingerprint density at radius 3 is 2.50 bits per heavy atom. The number of methoxy groups -OCH3 is 2. The molecule has 1 aliphatic rings. The van der Waals surface area contributed by atoms with E-state index >= 15 is 0 Å². The molecule has 2 aromatic carbocycles. The largest absolute Gasteiger partial charge is 0.493 e. The minimum absolute atomic E-state index is 0.0700. The molecule has 1 atom stereocenters. The second-order valence-corrected chi connectivity index (χ2v) is 9.38. The van der Waals surface area contributed by atoms with Gasteiger partial charge in [-0.3, -0.25) is 9.52 Å². The Morgan fingerprint density at radius 2 is 1.85 bits per heavy atom. The third-order valence-corrected chi connectivity index (χ3v) is 6.91. The number of carbonyl (C=O) groups is 2. The van der Waals surface area contributed by atoms with Crippen LogP contribution in [-0.4, -0.2) is 59.4 Å². The number of ether oxygens (including phenoxy) is 3. The highest BCUT2D eigenvalue weighted by Crippen LogP contribution is 2.32. The van der Waals surface area contributed by atoms with Gasteiger partial charge in [0.2, 0.25) is 0 Å². The summed E-state index contributed by atoms with van der Waals surface area (Å²) < 4.78 is 43.6. The minimum Gasteiger partial charge on any atom is -0.493 e. The number of benzene rings is 2. The molecule has 0 unspecified atom stereocenters. The average Bonchev–Trinajstić information content (AvgIpc) is 2.83. The van der Waals surface area contributed by atoms with Crippen molar-refractivity contribution in [3.63, 3.8) is 0 Å². The summed E-state index contributed by atoms with van der Waals surface area (Å²) in [5.41, 5.74) is 0.433. The standard InChI is InChI=1S/C23H28N2O8S/c1-4-33-23(28)15-6-5-11-25(14-15)19-9-7-16(12-18(19)22(26)27)24-34(29,30)17-8-10-20(31-2)21(13-17)32-3/h7-10,12-13,15,24H,4-6,11,14H2,1-3H3,(H,26,27)/t15-/m1/s1. The number of piperidine rings is 1. The number of aromatic carboxylic acids is 1. The maximum absolute atomic E-state index is 12.9. The van der Waals surface area contributed by atoms with E-state index in [1.165, 1.54) is 44.6 Å². The SMILES string of the molecule is CCOC(=O)[C@@H]1CCCN(c2ccc(NS(=O)(=O)c3ccc(OC)c(OC)c3)cc2C(=O)O)C1. The van der Waals surface area contributed by atoms with E-state index < -0.39 is 16.0 Å². The van der Waals surface area contributed by atoms with Crippen molar-refractivity contribution in [2.24, 2.45) is 5.92 Å². The first kappa shape index (κ1) is 25.2. The van der Waals surface area contributed by atoms with Gasteiger partial charge < -0.3 is 24.2 Å². The molecule has 3 rings (SSSR count). The molecule has 0 radical (unpaired) electrons. The lowest BCUT2D eigenvalue weighted by Gasteiger charge is -2.34. The van der Waals surface area contributed by atoms with Crippen LogP contribution in [0.25, 0.3) is 0 Å². The first-order chi connectivity index (χ1) is 16.2. The van der Waals surface area contributed by atoms with E-state index in [9.17, 15) is 23.1 Å². The zero-order valence-electron chi connectivity index (χ0n) is 19.2. The Morgan fingerprint density at radius 1 is 1.12 bits per heavy atom. The molecular weight excluding hydrogens is 464 g/mol. The number of nitrogens with zero attached hydrogens (tertiary/aromatic N) is 1. The molecule has 0 spiro atoms. The van der Waals surface area contributed by atoms with Gasteiger partial charge in [-0.25, -0.2) is 13.2 Å². The van der Waals surface area contributed by atoms with Gasteiger partial charge in [0.05, 0.1) is 42.9 Å². The molecule has 10 nitrogen and oxygen atoms in total. The molecule has 11 heteroatoms. The summed E-state index contributed by atoms with van der Waals surface area (Å²) in [6.07, 6.45) is 1.37. The number of rotatable bonds is 9. The molecule has 2 aromatic rings. The maximum atomic E-state index is 12.9. The topological polar surface area (TPSA) is 131 Å². The summed E-state index contributed by atoms with van der Waals surface area (Å²) in [6, 6.07) is 8.45. The van der Waals surface area contributed by atoms with E-state index in [0.29, 0.717) is 37.4 Å². The summed E-state index contributed by atoms with van der Waals surface area (Å²) in [4.78, 5) is 25.9. The van der Waals surface area contributed by atoms with Gasteiger partial charge >= 0.3 is 11.9 Å². The van der Waals surface area contributed by atoms with Crippen molar-refractivity contribution < 1.29 is 37.3 Å². The lowest BCUT2D eigenvalue weighted by molar-refractivity contribution is -0.148. The van der Waals surface area contributed by atoms with Crippen molar-refractivity contribution in [1.29, 1.82) is 0 Å². The molecule has 0 aromatic heterocycles. The number of nitrogens with one attached hydrogen (secondary N) is 1. The van der Waals surface area contributed by atoms with E-state index in [-0.39, 0.29) is 40.4 Å². The van der Waals surface area contributed by atoms with Gasteiger partial charge in [0.25, 0.3) is 10.0 Å². The van der Waals surface area contributed by atoms with Gasteiger partial charge in [0.1, 0.15) is 0 Å². The summed E-state index contributed by atoms with van der Waals surface area (Å²) in [5.74, 6) is -1.24. The van der Waals surface area contributed by atoms with Crippen LogP contribution in [0, 0.1) is 5.92 Å². The molecule has 1 saturated heterocycles. The highest BCUT2D eigenvalue weighted by molar-refractivity contribution is 7.92. The number of sulfonamides is 1. The second-order valence-electron chi connectivity index (χ2n) is 7.70. The van der Waals surface area contributed by atoms with Crippen LogP contribution in [0.2, 0.25) is 0 Å². The van der Waals surface area contributed by atoms with Crippen LogP contribution in [0.15, 0.2) is 41.3 Å². The van der Waals surface area contributed by atoms with Gasteiger partial charge in [-0.05, 0) is 50.1 Å². The Bertz CT molecular complexity index is 1170. The summed E-state index contributed by atoms with van der Waals surface area (Å²) >= 11 is 0. The van der Waals surface area contributed by atoms with Crippen LogP contribution < -0.4 is 19.1 Å². The molecule has 34 heavy (non-hydrogen) atoms. The van der Waals surface area contributed by atoms with Gasteiger partial charge in [-0.1, -0.05) is 0 Å². The van der Waals surface area contributed by atoms with E-state index in [1.54, 1.807) is 13.0 Å². The minimum atomic E-state index is -4.03. The third kappa shape index (κ3) is 5.53. The Balaban J connectivity index is 1.87. The van der Waals surface area contributed by atoms with Crippen LogP contribution in [0.3, 0.4) is 0 Å². The number of carboxylic acids is 1. The summed E-state index contributed by atoms with van der Waals surface area (Å²) in [5, 5.41) is 9.80. The highest BCUT2D eigenvalue weighted by Gasteiger charge is 2.29. The van der Waals surface area contributed by atoms with Crippen LogP contribution in [-0.2, 0) is 19.6 Å². The smallest absolute Gasteiger partial charge is 0.337 e. The number of hydrogen-bond acceptors (Lipinski definition) is 8. The normalized spacial score (nSPS) is 16.0. The lowest BCUT2D eigenvalue weighted by atomic mass is 9.97. The second kappa shape index (κ2) is 10.6. The molecule has 0 aliphatic carbocycles. The average molecular weight is 493 g/mol. The molecule has 0 saturated carbocycles. The molecule has 184 valence electrons. The summed E-state index contributed by atoms with van der Waals surface area (Å²) in [6.45, 7) is 2.93. The van der Waals surface area contributed by atoms with Crippen LogP contribution >= 0.6 is 0 Å². The van der Waals surface area contributed by atoms with Crippen molar-refractivity contribution in [2.75, 3.05) is 43.5 Å². The van der Waals surface area contributed by atoms with Gasteiger partial charge in [-0.2, -0.15) is 0 Å². The number of esters is 1. The highest BCUT2D eigenvalue weighted by atomic mass is 32.2. The first-order valence-corrected chi connectivity index (χ1v) is 12.2. The van der Waals surface area contributed by atoms with Gasteiger partial charge in [-0.15, -0.1) is 0 Å². The molecule has 1 fully saturated rings. The molecule has 0 amide bonds. The first-order valence-electron chi connectivity index (χ1n) is 10.7. The van der Waals surface area contributed by atoms with Crippen molar-refractivity contribution in [3.8, 4) is 11.5 Å². The monoisotopic (exact) mass is 492 g/mol. The number of anilines is 2. The summed E-state index contributed by atoms with van der Waals surface area (Å²) in [7, 11) is -1.19. The van der Waals surface area contributed by atoms with E-state index in [4.69, 9.17) is 14.2 Å². The van der Waals surface area contributed by atoms with Crippen LogP contribution in [0.5, 0.6) is 11.5 Å². The predicted molar refractivity (Wildman–Crippen MR) is 125 cm³/mol. The van der Waals surface area contributed by atoms with E-state index in [0.717, 1.165) is 0 Å². The number of hydrogen-bond donors (Lipinski definition) is 2. The fourth-order valence-electron chi connectivity index (χ4n) is 3.89. The van der Waals surface area contributed by atoms with Crippen molar-refractivity contribution in [2.45, 2.75) is 24.7 Å². The Labute approximate surface area is 198 Å². The molecule has 0 bridgehead atoms. The molecule has 1 aliphatic heterocycles. The van der Waals surface area contributed by atoms with Crippen molar-refractivity contribution in [1.82, 2.24) is 0 Å². The van der Waals surface area contributed by atoms with Crippen LogP contribution in [0.1, 0.15) is 30.1 Å². The third-order valence-electron chi connectivity index (χ3n) is 5.53. The Kier molecular flexibility index (Phi) is 7.87. The van der Waals surface area contributed by atoms with Gasteiger partial charge in [0, 0.05) is 24.8 Å². The van der Waals surface area contributed by atoms with E-state index in [2.05, 4.69) is 4.72 Å². The Hall–Kier alpha value is -3.47. The predicted octanol–water partition coefficient (Wildman–Crippen LogP) is 2.98. The zero-order chi connectivity index (χ0) is 24.9. The van der Waals surface area contributed by atoms with Crippen LogP contribution in [0.4, 0.5) is 11.4 Å². The quantitative estimate of drug-likeness (QED) is 0.507. The lowest BCUT2D eigenvalue weighted by Crippen LogP contribution is -2.40. The fourth-order valence-corrected chi connectivity index (χ4v) is 4.96. The maximum Gasteiger partial charge on any atom is 0.337 e. The van der Waals surface area contributed by atoms with Gasteiger partial charge in [0.15, 0.2) is 11.5 Å². The van der Waals surface area contributed by atoms with Crippen molar-refractivity contribution in [3.05, 3.63) is 42.0 Å². The number of carboxylic acid groups (broad SMARTS) is 1. The van der Waals surface area contributed by atoms with E-state index in [1.807, 2.05) is 4.90 Å². The molecular formula is C23H28N2O8S. The fraction of sp³-hybridized carbons (Fsp3) is 0.391. The molecule has 1 heterocycles. The van der Waals surface area contributed by atoms with Crippen molar-refractivity contribution >= 4 is 33.3 Å².